The van der Waals surface area contributed by atoms with Crippen LogP contribution in [-0.2, 0) is 5.75 Å². The van der Waals surface area contributed by atoms with E-state index in [-0.39, 0.29) is 0 Å². The van der Waals surface area contributed by atoms with Crippen LogP contribution in [0.3, 0.4) is 0 Å². The highest BCUT2D eigenvalue weighted by atomic mass is 32.2. The summed E-state index contributed by atoms with van der Waals surface area (Å²) in [5.74, 6) is 0.866. The Labute approximate surface area is 99.6 Å². The van der Waals surface area contributed by atoms with Gasteiger partial charge in [0.1, 0.15) is 0 Å². The number of fused-ring (bicyclic) bond motifs is 1. The maximum atomic E-state index is 5.68. The zero-order valence-electron chi connectivity index (χ0n) is 9.18. The van der Waals surface area contributed by atoms with Crippen molar-refractivity contribution >= 4 is 27.7 Å². The van der Waals surface area contributed by atoms with Gasteiger partial charge in [-0.25, -0.2) is 0 Å². The Hall–Kier alpha value is -1.48. The average molecular weight is 230 g/mol. The van der Waals surface area contributed by atoms with Gasteiger partial charge in [-0.1, -0.05) is 54.2 Å². The lowest BCUT2D eigenvalue weighted by molar-refractivity contribution is 1.43. The van der Waals surface area contributed by atoms with Gasteiger partial charge >= 0.3 is 0 Å². The smallest absolute Gasteiger partial charge is 0.153 e. The molecule has 0 atom stereocenters. The van der Waals surface area contributed by atoms with Gasteiger partial charge in [-0.05, 0) is 16.3 Å². The molecule has 2 nitrogen and oxygen atoms in total. The molecule has 0 aliphatic heterocycles. The van der Waals surface area contributed by atoms with Gasteiger partial charge in [0.2, 0.25) is 0 Å². The van der Waals surface area contributed by atoms with E-state index in [0.29, 0.717) is 5.17 Å². The Morgan fingerprint density at radius 3 is 2.75 bits per heavy atom. The Kier molecular flexibility index (Phi) is 3.47. The molecule has 2 aromatic rings. The van der Waals surface area contributed by atoms with Crippen LogP contribution in [0.1, 0.15) is 5.56 Å². The first-order valence-corrected chi connectivity index (χ1v) is 6.11. The zero-order valence-corrected chi connectivity index (χ0v) is 10.00. The van der Waals surface area contributed by atoms with Crippen LogP contribution in [0.15, 0.2) is 47.5 Å². The largest absolute Gasteiger partial charge is 0.379 e. The summed E-state index contributed by atoms with van der Waals surface area (Å²) in [6, 6.07) is 14.7. The molecule has 0 amide bonds. The van der Waals surface area contributed by atoms with Crippen molar-refractivity contribution in [2.75, 3.05) is 7.05 Å². The van der Waals surface area contributed by atoms with Crippen LogP contribution in [0.25, 0.3) is 10.8 Å². The lowest BCUT2D eigenvalue weighted by atomic mass is 10.1. The van der Waals surface area contributed by atoms with Gasteiger partial charge < -0.3 is 5.73 Å². The average Bonchev–Trinajstić information content (AvgIpc) is 2.35. The summed E-state index contributed by atoms with van der Waals surface area (Å²) < 4.78 is 0. The quantitative estimate of drug-likeness (QED) is 0.636. The lowest BCUT2D eigenvalue weighted by Crippen LogP contribution is -2.06. The molecule has 0 fully saturated rings. The fourth-order valence-electron chi connectivity index (χ4n) is 1.63. The van der Waals surface area contributed by atoms with E-state index in [9.17, 15) is 0 Å². The molecule has 0 heterocycles. The zero-order chi connectivity index (χ0) is 11.4. The number of amidine groups is 1. The minimum Gasteiger partial charge on any atom is -0.379 e. The normalized spacial score (nSPS) is 11.9. The third kappa shape index (κ3) is 2.36. The number of nitrogens with two attached hydrogens (primary N) is 1. The molecule has 0 aliphatic rings. The van der Waals surface area contributed by atoms with Crippen molar-refractivity contribution < 1.29 is 0 Å². The van der Waals surface area contributed by atoms with Crippen molar-refractivity contribution in [2.24, 2.45) is 10.7 Å². The fourth-order valence-corrected chi connectivity index (χ4v) is 2.32. The van der Waals surface area contributed by atoms with Crippen LogP contribution in [-0.4, -0.2) is 12.2 Å². The molecule has 16 heavy (non-hydrogen) atoms. The molecule has 0 bridgehead atoms. The number of hydrogen-bond acceptors (Lipinski definition) is 2. The monoisotopic (exact) mass is 230 g/mol. The second kappa shape index (κ2) is 5.03. The fraction of sp³-hybridized carbons (Fsp3) is 0.154. The van der Waals surface area contributed by atoms with E-state index in [1.54, 1.807) is 18.8 Å². The van der Waals surface area contributed by atoms with Crippen molar-refractivity contribution in [3.05, 3.63) is 48.0 Å². The van der Waals surface area contributed by atoms with Gasteiger partial charge in [0.05, 0.1) is 0 Å². The highest BCUT2D eigenvalue weighted by molar-refractivity contribution is 8.13. The summed E-state index contributed by atoms with van der Waals surface area (Å²) >= 11 is 1.57. The topological polar surface area (TPSA) is 38.4 Å². The Morgan fingerprint density at radius 1 is 1.19 bits per heavy atom. The SMILES string of the molecule is CN=C(N)SCc1cccc2ccccc12. The number of rotatable bonds is 2. The Morgan fingerprint density at radius 2 is 1.94 bits per heavy atom. The van der Waals surface area contributed by atoms with Gasteiger partial charge in [0, 0.05) is 12.8 Å². The summed E-state index contributed by atoms with van der Waals surface area (Å²) in [4.78, 5) is 3.94. The Balaban J connectivity index is 2.30. The minimum atomic E-state index is 0.632. The van der Waals surface area contributed by atoms with E-state index >= 15 is 0 Å². The maximum absolute atomic E-state index is 5.68. The second-order valence-electron chi connectivity index (χ2n) is 3.49. The molecular formula is C13H14N2S. The van der Waals surface area contributed by atoms with Crippen LogP contribution in [0.5, 0.6) is 0 Å². The summed E-state index contributed by atoms with van der Waals surface area (Å²) in [5.41, 5.74) is 6.98. The highest BCUT2D eigenvalue weighted by Gasteiger charge is 2.01. The standard InChI is InChI=1S/C13H14N2S/c1-15-13(14)16-9-11-7-4-6-10-5-2-3-8-12(10)11/h2-8H,9H2,1H3,(H2,14,15). The second-order valence-corrected chi connectivity index (χ2v) is 4.48. The predicted molar refractivity (Wildman–Crippen MR) is 72.8 cm³/mol. The predicted octanol–water partition coefficient (Wildman–Crippen LogP) is 3.02. The van der Waals surface area contributed by atoms with Crippen LogP contribution in [0.4, 0.5) is 0 Å². The molecule has 0 aliphatic carbocycles. The lowest BCUT2D eigenvalue weighted by Gasteiger charge is -2.05. The Bertz CT molecular complexity index is 515. The van der Waals surface area contributed by atoms with Crippen molar-refractivity contribution in [3.63, 3.8) is 0 Å². The van der Waals surface area contributed by atoms with E-state index in [2.05, 4.69) is 47.5 Å². The number of benzene rings is 2. The van der Waals surface area contributed by atoms with Crippen LogP contribution in [0.2, 0.25) is 0 Å². The third-order valence-electron chi connectivity index (χ3n) is 2.48. The summed E-state index contributed by atoms with van der Waals surface area (Å²) in [6.07, 6.45) is 0. The first-order chi connectivity index (χ1) is 7.81. The van der Waals surface area contributed by atoms with E-state index in [1.807, 2.05) is 0 Å². The van der Waals surface area contributed by atoms with Gasteiger partial charge in [-0.15, -0.1) is 0 Å². The van der Waals surface area contributed by atoms with Gasteiger partial charge in [0.15, 0.2) is 5.17 Å². The molecule has 0 spiro atoms. The summed E-state index contributed by atoms with van der Waals surface area (Å²) in [6.45, 7) is 0. The molecule has 0 unspecified atom stereocenters. The highest BCUT2D eigenvalue weighted by Crippen LogP contribution is 2.22. The molecule has 0 saturated heterocycles. The number of aliphatic imine (C=N–C) groups is 1. The van der Waals surface area contributed by atoms with Gasteiger partial charge in [-0.2, -0.15) is 0 Å². The molecule has 0 aromatic heterocycles. The van der Waals surface area contributed by atoms with Crippen molar-refractivity contribution in [2.45, 2.75) is 5.75 Å². The first kappa shape index (κ1) is 11.0. The molecular weight excluding hydrogens is 216 g/mol. The molecule has 82 valence electrons. The number of hydrogen-bond donors (Lipinski definition) is 1. The van der Waals surface area contributed by atoms with Gasteiger partial charge in [0.25, 0.3) is 0 Å². The van der Waals surface area contributed by atoms with Crippen molar-refractivity contribution in [3.8, 4) is 0 Å². The van der Waals surface area contributed by atoms with E-state index in [4.69, 9.17) is 5.73 Å². The summed E-state index contributed by atoms with van der Waals surface area (Å²) in [7, 11) is 1.71. The number of thioether (sulfide) groups is 1. The van der Waals surface area contributed by atoms with Crippen LogP contribution in [0, 0.1) is 0 Å². The van der Waals surface area contributed by atoms with Crippen LogP contribution >= 0.6 is 11.8 Å². The minimum absolute atomic E-state index is 0.632. The van der Waals surface area contributed by atoms with E-state index < -0.39 is 0 Å². The van der Waals surface area contributed by atoms with Crippen molar-refractivity contribution in [1.29, 1.82) is 0 Å². The van der Waals surface area contributed by atoms with Crippen LogP contribution < -0.4 is 5.73 Å². The maximum Gasteiger partial charge on any atom is 0.153 e. The molecule has 0 radical (unpaired) electrons. The van der Waals surface area contributed by atoms with E-state index in [1.165, 1.54) is 16.3 Å². The van der Waals surface area contributed by atoms with Crippen molar-refractivity contribution in [1.82, 2.24) is 0 Å². The molecule has 0 saturated carbocycles. The molecule has 3 heteroatoms. The van der Waals surface area contributed by atoms with E-state index in [0.717, 1.165) is 5.75 Å². The van der Waals surface area contributed by atoms with Gasteiger partial charge in [-0.3, -0.25) is 4.99 Å². The molecule has 2 N–H and O–H groups in total. The third-order valence-corrected chi connectivity index (χ3v) is 3.41. The molecule has 2 rings (SSSR count). The first-order valence-electron chi connectivity index (χ1n) is 5.13. The summed E-state index contributed by atoms with van der Waals surface area (Å²) in [5, 5.41) is 3.20. The molecule has 2 aromatic carbocycles. The number of nitrogens with zero attached hydrogens (tertiary/aromatic N) is 1.